The summed E-state index contributed by atoms with van der Waals surface area (Å²) in [6.07, 6.45) is 5.99. The Morgan fingerprint density at radius 2 is 1.50 bits per heavy atom. The Balaban J connectivity index is 1.76. The molecule has 0 heterocycles. The summed E-state index contributed by atoms with van der Waals surface area (Å²) in [7, 11) is 0. The van der Waals surface area contributed by atoms with Crippen molar-refractivity contribution in [3.8, 4) is 11.1 Å². The molecule has 0 atom stereocenters. The minimum Gasteiger partial charge on any atom is -0.313 e. The van der Waals surface area contributed by atoms with Gasteiger partial charge in [0, 0.05) is 17.5 Å². The van der Waals surface area contributed by atoms with Gasteiger partial charge in [0.1, 0.15) is 0 Å². The van der Waals surface area contributed by atoms with Crippen molar-refractivity contribution in [1.29, 1.82) is 0 Å². The van der Waals surface area contributed by atoms with E-state index in [1.165, 1.54) is 5.56 Å². The Morgan fingerprint density at radius 3 is 2.11 bits per heavy atom. The Bertz CT molecular complexity index is 1290. The average molecular weight is 485 g/mol. The van der Waals surface area contributed by atoms with Gasteiger partial charge >= 0.3 is 5.97 Å². The SMILES string of the molecule is CCCCC1(CCCC)c2cc(/C(C)=N/OC(=O)c3ccccc3)ccc2-c2ccc([N+](=O)[O-])cc21. The number of unbranched alkanes of at least 4 members (excludes halogenated alkanes) is 2. The molecule has 0 unspecified atom stereocenters. The number of hydrogen-bond acceptors (Lipinski definition) is 5. The highest BCUT2D eigenvalue weighted by Crippen LogP contribution is 2.55. The number of carbonyl (C=O) groups excluding carboxylic acids is 1. The van der Waals surface area contributed by atoms with E-state index in [-0.39, 0.29) is 16.0 Å². The molecule has 186 valence electrons. The Kier molecular flexibility index (Phi) is 7.63. The normalized spacial score (nSPS) is 13.7. The molecule has 36 heavy (non-hydrogen) atoms. The summed E-state index contributed by atoms with van der Waals surface area (Å²) in [4.78, 5) is 28.9. The highest BCUT2D eigenvalue weighted by molar-refractivity contribution is 6.00. The van der Waals surface area contributed by atoms with Crippen molar-refractivity contribution in [2.75, 3.05) is 0 Å². The molecule has 0 aromatic heterocycles. The van der Waals surface area contributed by atoms with Crippen LogP contribution >= 0.6 is 0 Å². The van der Waals surface area contributed by atoms with Crippen molar-refractivity contribution in [3.63, 3.8) is 0 Å². The summed E-state index contributed by atoms with van der Waals surface area (Å²) in [5.74, 6) is -0.504. The lowest BCUT2D eigenvalue weighted by molar-refractivity contribution is -0.384. The van der Waals surface area contributed by atoms with E-state index >= 15 is 0 Å². The van der Waals surface area contributed by atoms with Gasteiger partial charge in [-0.05, 0) is 71.8 Å². The molecule has 0 fully saturated rings. The van der Waals surface area contributed by atoms with Crippen LogP contribution in [-0.2, 0) is 10.3 Å². The Morgan fingerprint density at radius 1 is 0.889 bits per heavy atom. The van der Waals surface area contributed by atoms with E-state index in [1.54, 1.807) is 36.4 Å². The zero-order valence-corrected chi connectivity index (χ0v) is 21.1. The maximum Gasteiger partial charge on any atom is 0.365 e. The number of nitro benzene ring substituents is 1. The number of carbonyl (C=O) groups is 1. The lowest BCUT2D eigenvalue weighted by Gasteiger charge is -2.32. The van der Waals surface area contributed by atoms with Crippen LogP contribution in [0, 0.1) is 10.1 Å². The fraction of sp³-hybridized carbons (Fsp3) is 0.333. The van der Waals surface area contributed by atoms with E-state index < -0.39 is 5.97 Å². The van der Waals surface area contributed by atoms with Crippen LogP contribution in [0.15, 0.2) is 71.9 Å². The summed E-state index contributed by atoms with van der Waals surface area (Å²) in [5.41, 5.74) is 6.17. The number of fused-ring (bicyclic) bond motifs is 3. The van der Waals surface area contributed by atoms with Crippen LogP contribution in [0.3, 0.4) is 0 Å². The summed E-state index contributed by atoms with van der Waals surface area (Å²) in [6, 6.07) is 20.3. The lowest BCUT2D eigenvalue weighted by Crippen LogP contribution is -2.26. The molecular weight excluding hydrogens is 452 g/mol. The second kappa shape index (κ2) is 10.9. The first-order valence-electron chi connectivity index (χ1n) is 12.7. The molecule has 3 aromatic carbocycles. The highest BCUT2D eigenvalue weighted by atomic mass is 16.7. The van der Waals surface area contributed by atoms with E-state index in [0.717, 1.165) is 60.8 Å². The summed E-state index contributed by atoms with van der Waals surface area (Å²) >= 11 is 0. The fourth-order valence-corrected chi connectivity index (χ4v) is 5.23. The standard InChI is InChI=1S/C30H32N2O4/c1-4-6-17-30(18-7-5-2)27-19-23(21(3)31-36-29(33)22-11-9-8-10-12-22)13-15-25(27)26-16-14-24(32(34)35)20-28(26)30/h8-16,19-20H,4-7,17-18H2,1-3H3/b31-21+. The average Bonchev–Trinajstić information content (AvgIpc) is 3.18. The van der Waals surface area contributed by atoms with E-state index in [1.807, 2.05) is 25.1 Å². The summed E-state index contributed by atoms with van der Waals surface area (Å²) in [5, 5.41) is 15.8. The van der Waals surface area contributed by atoms with Gasteiger partial charge in [-0.15, -0.1) is 0 Å². The number of non-ortho nitro benzene ring substituents is 1. The van der Waals surface area contributed by atoms with Gasteiger partial charge in [0.25, 0.3) is 5.69 Å². The molecule has 0 radical (unpaired) electrons. The van der Waals surface area contributed by atoms with Crippen molar-refractivity contribution >= 4 is 17.4 Å². The topological polar surface area (TPSA) is 81.8 Å². The van der Waals surface area contributed by atoms with Crippen LogP contribution in [0.2, 0.25) is 0 Å². The van der Waals surface area contributed by atoms with Crippen LogP contribution in [0.5, 0.6) is 0 Å². The van der Waals surface area contributed by atoms with Gasteiger partial charge in [-0.25, -0.2) is 4.79 Å². The molecule has 1 aliphatic carbocycles. The number of oxime groups is 1. The lowest BCUT2D eigenvalue weighted by atomic mass is 9.70. The third kappa shape index (κ3) is 4.81. The first kappa shape index (κ1) is 25.3. The molecule has 3 aromatic rings. The first-order chi connectivity index (χ1) is 17.4. The Hall–Kier alpha value is -3.80. The fourth-order valence-electron chi connectivity index (χ4n) is 5.23. The maximum atomic E-state index is 12.4. The number of rotatable bonds is 10. The maximum absolute atomic E-state index is 12.4. The minimum atomic E-state index is -0.504. The largest absolute Gasteiger partial charge is 0.365 e. The molecule has 6 nitrogen and oxygen atoms in total. The zero-order valence-electron chi connectivity index (χ0n) is 21.1. The first-order valence-corrected chi connectivity index (χ1v) is 12.7. The Labute approximate surface area is 212 Å². The second-order valence-electron chi connectivity index (χ2n) is 9.46. The van der Waals surface area contributed by atoms with Gasteiger partial charge in [0.15, 0.2) is 0 Å². The van der Waals surface area contributed by atoms with Gasteiger partial charge in [-0.1, -0.05) is 75.0 Å². The molecule has 6 heteroatoms. The predicted molar refractivity (Wildman–Crippen MR) is 142 cm³/mol. The van der Waals surface area contributed by atoms with Gasteiger partial charge in [-0.3, -0.25) is 10.1 Å². The van der Waals surface area contributed by atoms with E-state index in [0.29, 0.717) is 11.3 Å². The predicted octanol–water partition coefficient (Wildman–Crippen LogP) is 7.82. The van der Waals surface area contributed by atoms with Gasteiger partial charge in [0.2, 0.25) is 0 Å². The number of nitro groups is 1. The second-order valence-corrected chi connectivity index (χ2v) is 9.46. The van der Waals surface area contributed by atoms with E-state index in [4.69, 9.17) is 4.84 Å². The van der Waals surface area contributed by atoms with Crippen LogP contribution in [-0.4, -0.2) is 16.6 Å². The smallest absolute Gasteiger partial charge is 0.313 e. The molecule has 1 aliphatic rings. The van der Waals surface area contributed by atoms with Crippen LogP contribution in [0.4, 0.5) is 5.69 Å². The third-order valence-electron chi connectivity index (χ3n) is 7.16. The third-order valence-corrected chi connectivity index (χ3v) is 7.16. The molecule has 0 bridgehead atoms. The van der Waals surface area contributed by atoms with Gasteiger partial charge < -0.3 is 4.84 Å². The number of hydrogen-bond donors (Lipinski definition) is 0. The van der Waals surface area contributed by atoms with Crippen molar-refractivity contribution in [1.82, 2.24) is 0 Å². The zero-order chi connectivity index (χ0) is 25.7. The molecule has 0 aliphatic heterocycles. The molecule has 0 amide bonds. The quantitative estimate of drug-likeness (QED) is 0.127. The van der Waals surface area contributed by atoms with Crippen LogP contribution < -0.4 is 0 Å². The molecule has 0 saturated carbocycles. The number of nitrogens with zero attached hydrogens (tertiary/aromatic N) is 2. The van der Waals surface area contributed by atoms with Gasteiger partial charge in [-0.2, -0.15) is 0 Å². The number of benzene rings is 3. The van der Waals surface area contributed by atoms with Crippen LogP contribution in [0.1, 0.15) is 86.3 Å². The van der Waals surface area contributed by atoms with Gasteiger partial charge in [0.05, 0.1) is 16.2 Å². The summed E-state index contributed by atoms with van der Waals surface area (Å²) < 4.78 is 0. The molecule has 0 spiro atoms. The van der Waals surface area contributed by atoms with Crippen molar-refractivity contribution < 1.29 is 14.6 Å². The monoisotopic (exact) mass is 484 g/mol. The van der Waals surface area contributed by atoms with Crippen LogP contribution in [0.25, 0.3) is 11.1 Å². The summed E-state index contributed by atoms with van der Waals surface area (Å²) in [6.45, 7) is 6.17. The van der Waals surface area contributed by atoms with E-state index in [2.05, 4.69) is 31.1 Å². The minimum absolute atomic E-state index is 0.129. The highest BCUT2D eigenvalue weighted by Gasteiger charge is 2.43. The van der Waals surface area contributed by atoms with Crippen molar-refractivity contribution in [2.45, 2.75) is 64.7 Å². The molecule has 4 rings (SSSR count). The molecule has 0 saturated heterocycles. The van der Waals surface area contributed by atoms with Crippen molar-refractivity contribution in [3.05, 3.63) is 99.1 Å². The molecular formula is C30H32N2O4. The van der Waals surface area contributed by atoms with Crippen molar-refractivity contribution in [2.24, 2.45) is 5.16 Å². The van der Waals surface area contributed by atoms with E-state index in [9.17, 15) is 14.9 Å². The molecule has 0 N–H and O–H groups in total.